The molecule has 1 unspecified atom stereocenters. The van der Waals surface area contributed by atoms with E-state index in [9.17, 15) is 8.60 Å². The number of benzene rings is 2. The highest BCUT2D eigenvalue weighted by Crippen LogP contribution is 2.23. The second-order valence-electron chi connectivity index (χ2n) is 5.89. The molecule has 0 aliphatic heterocycles. The lowest BCUT2D eigenvalue weighted by atomic mass is 9.87. The average molecular weight is 290 g/mol. The molecule has 0 heterocycles. The molecular weight excluding hydrogens is 271 g/mol. The third-order valence-electron chi connectivity index (χ3n) is 3.18. The molecule has 0 aromatic heterocycles. The van der Waals surface area contributed by atoms with Crippen molar-refractivity contribution in [1.82, 2.24) is 0 Å². The first-order valence-corrected chi connectivity index (χ1v) is 7.91. The molecule has 106 valence electrons. The summed E-state index contributed by atoms with van der Waals surface area (Å²) in [7, 11) is -1.21. The first kappa shape index (κ1) is 14.9. The second kappa shape index (κ2) is 5.88. The molecule has 0 aliphatic carbocycles. The van der Waals surface area contributed by atoms with E-state index in [1.54, 1.807) is 12.1 Å². The lowest BCUT2D eigenvalue weighted by Crippen LogP contribution is -2.10. The van der Waals surface area contributed by atoms with Crippen LogP contribution in [0.4, 0.5) is 4.39 Å². The van der Waals surface area contributed by atoms with E-state index < -0.39 is 10.8 Å². The van der Waals surface area contributed by atoms with Crippen LogP contribution >= 0.6 is 0 Å². The smallest absolute Gasteiger partial charge is 0.124 e. The van der Waals surface area contributed by atoms with E-state index >= 15 is 0 Å². The molecule has 0 radical (unpaired) electrons. The van der Waals surface area contributed by atoms with E-state index in [0.717, 1.165) is 5.56 Å². The number of rotatable bonds is 3. The van der Waals surface area contributed by atoms with Gasteiger partial charge in [-0.3, -0.25) is 4.21 Å². The Morgan fingerprint density at radius 2 is 1.70 bits per heavy atom. The molecule has 0 aliphatic rings. The van der Waals surface area contributed by atoms with E-state index in [4.69, 9.17) is 0 Å². The normalized spacial score (nSPS) is 13.2. The molecule has 0 spiro atoms. The van der Waals surface area contributed by atoms with Crippen LogP contribution in [0.15, 0.2) is 53.4 Å². The zero-order valence-corrected chi connectivity index (χ0v) is 12.8. The number of hydrogen-bond donors (Lipinski definition) is 0. The molecule has 0 N–H and O–H groups in total. The van der Waals surface area contributed by atoms with Gasteiger partial charge < -0.3 is 0 Å². The summed E-state index contributed by atoms with van der Waals surface area (Å²) in [5.74, 6) is 0.0624. The minimum atomic E-state index is -1.21. The quantitative estimate of drug-likeness (QED) is 0.817. The van der Waals surface area contributed by atoms with Crippen LogP contribution in [0.5, 0.6) is 0 Å². The molecule has 1 atom stereocenters. The van der Waals surface area contributed by atoms with Crippen LogP contribution in [-0.4, -0.2) is 4.21 Å². The summed E-state index contributed by atoms with van der Waals surface area (Å²) in [6.45, 7) is 6.48. The molecule has 1 nitrogen and oxygen atoms in total. The lowest BCUT2D eigenvalue weighted by molar-refractivity contribution is 0.590. The van der Waals surface area contributed by atoms with Gasteiger partial charge in [-0.1, -0.05) is 51.1 Å². The largest absolute Gasteiger partial charge is 0.254 e. The molecule has 0 saturated heterocycles. The Balaban J connectivity index is 2.12. The molecule has 0 bridgehead atoms. The predicted molar refractivity (Wildman–Crippen MR) is 81.7 cm³/mol. The van der Waals surface area contributed by atoms with Gasteiger partial charge in [-0.2, -0.15) is 0 Å². The number of hydrogen-bond acceptors (Lipinski definition) is 1. The summed E-state index contributed by atoms with van der Waals surface area (Å²) in [4.78, 5) is 0.532. The second-order valence-corrected chi connectivity index (χ2v) is 7.35. The maximum absolute atomic E-state index is 13.1. The van der Waals surface area contributed by atoms with Gasteiger partial charge in [-0.25, -0.2) is 4.39 Å². The first-order chi connectivity index (χ1) is 9.36. The summed E-state index contributed by atoms with van der Waals surface area (Å²) in [5.41, 5.74) is 2.36. The monoisotopic (exact) mass is 290 g/mol. The van der Waals surface area contributed by atoms with Crippen LogP contribution in [0.1, 0.15) is 31.9 Å². The molecule has 0 fully saturated rings. The van der Waals surface area contributed by atoms with Gasteiger partial charge >= 0.3 is 0 Å². The Kier molecular flexibility index (Phi) is 4.39. The van der Waals surface area contributed by atoms with Crippen LogP contribution in [0, 0.1) is 5.82 Å². The van der Waals surface area contributed by atoms with Crippen molar-refractivity contribution in [2.75, 3.05) is 0 Å². The predicted octanol–water partition coefficient (Wildman–Crippen LogP) is 4.43. The molecule has 2 rings (SSSR count). The Hall–Kier alpha value is -1.48. The van der Waals surface area contributed by atoms with Crippen molar-refractivity contribution in [3.63, 3.8) is 0 Å². The first-order valence-electron chi connectivity index (χ1n) is 6.59. The zero-order valence-electron chi connectivity index (χ0n) is 12.0. The Morgan fingerprint density at radius 3 is 2.25 bits per heavy atom. The fourth-order valence-electron chi connectivity index (χ4n) is 1.94. The summed E-state index contributed by atoms with van der Waals surface area (Å²) in [5, 5.41) is 0. The Labute approximate surface area is 122 Å². The summed E-state index contributed by atoms with van der Waals surface area (Å²) >= 11 is 0. The maximum Gasteiger partial charge on any atom is 0.124 e. The fraction of sp³-hybridized carbons (Fsp3) is 0.294. The van der Waals surface area contributed by atoms with Crippen LogP contribution in [-0.2, 0) is 22.0 Å². The molecule has 2 aromatic rings. The van der Waals surface area contributed by atoms with Crippen LogP contribution in [0.3, 0.4) is 0 Å². The maximum atomic E-state index is 13.1. The van der Waals surface area contributed by atoms with Crippen molar-refractivity contribution in [3.8, 4) is 0 Å². The van der Waals surface area contributed by atoms with E-state index in [1.807, 2.05) is 12.1 Å². The minimum Gasteiger partial charge on any atom is -0.254 e. The van der Waals surface area contributed by atoms with Gasteiger partial charge in [0.1, 0.15) is 5.82 Å². The van der Waals surface area contributed by atoms with Crippen molar-refractivity contribution in [3.05, 3.63) is 65.5 Å². The highest BCUT2D eigenvalue weighted by Gasteiger charge is 2.13. The van der Waals surface area contributed by atoms with Crippen molar-refractivity contribution < 1.29 is 8.60 Å². The van der Waals surface area contributed by atoms with E-state index in [0.29, 0.717) is 10.6 Å². The lowest BCUT2D eigenvalue weighted by Gasteiger charge is -2.19. The van der Waals surface area contributed by atoms with Crippen molar-refractivity contribution >= 4 is 10.8 Å². The molecular formula is C17H19FOS. The Morgan fingerprint density at radius 1 is 1.05 bits per heavy atom. The molecule has 2 aromatic carbocycles. The van der Waals surface area contributed by atoms with Crippen molar-refractivity contribution in [2.45, 2.75) is 36.8 Å². The molecule has 3 heteroatoms. The average Bonchev–Trinajstić information content (AvgIpc) is 2.38. The third-order valence-corrected chi connectivity index (χ3v) is 4.55. The van der Waals surface area contributed by atoms with E-state index in [1.165, 1.54) is 17.7 Å². The van der Waals surface area contributed by atoms with Gasteiger partial charge in [0.05, 0.1) is 16.6 Å². The van der Waals surface area contributed by atoms with Crippen LogP contribution in [0.2, 0.25) is 0 Å². The molecule has 0 saturated carbocycles. The van der Waals surface area contributed by atoms with E-state index in [2.05, 4.69) is 32.9 Å². The molecule has 20 heavy (non-hydrogen) atoms. The fourth-order valence-corrected chi connectivity index (χ4v) is 3.08. The van der Waals surface area contributed by atoms with Gasteiger partial charge in [-0.05, 0) is 34.7 Å². The highest BCUT2D eigenvalue weighted by atomic mass is 32.2. The molecule has 0 amide bonds. The van der Waals surface area contributed by atoms with Crippen molar-refractivity contribution in [1.29, 1.82) is 0 Å². The summed E-state index contributed by atoms with van der Waals surface area (Å²) < 4.78 is 25.3. The highest BCUT2D eigenvalue weighted by molar-refractivity contribution is 7.84. The van der Waals surface area contributed by atoms with Crippen LogP contribution in [0.25, 0.3) is 0 Å². The zero-order chi connectivity index (χ0) is 14.8. The van der Waals surface area contributed by atoms with Gasteiger partial charge in [0.15, 0.2) is 0 Å². The summed E-state index contributed by atoms with van der Waals surface area (Å²) in [6.07, 6.45) is 0. The SMILES string of the molecule is CC(C)(C)c1ccc(CS(=O)c2cccc(F)c2)cc1. The number of halogens is 1. The van der Waals surface area contributed by atoms with Gasteiger partial charge in [0.2, 0.25) is 0 Å². The van der Waals surface area contributed by atoms with Crippen LogP contribution < -0.4 is 0 Å². The third kappa shape index (κ3) is 3.76. The Bertz CT molecular complexity index is 612. The van der Waals surface area contributed by atoms with Gasteiger partial charge in [-0.15, -0.1) is 0 Å². The van der Waals surface area contributed by atoms with Gasteiger partial charge in [0.25, 0.3) is 0 Å². The van der Waals surface area contributed by atoms with Crippen molar-refractivity contribution in [2.24, 2.45) is 0 Å². The van der Waals surface area contributed by atoms with Gasteiger partial charge in [0, 0.05) is 4.90 Å². The minimum absolute atomic E-state index is 0.111. The topological polar surface area (TPSA) is 17.1 Å². The standard InChI is InChI=1S/C17H19FOS/c1-17(2,3)14-9-7-13(8-10-14)12-20(19)16-6-4-5-15(18)11-16/h4-11H,12H2,1-3H3. The summed E-state index contributed by atoms with van der Waals surface area (Å²) in [6, 6.07) is 14.1. The van der Waals surface area contributed by atoms with E-state index in [-0.39, 0.29) is 11.2 Å².